The molecule has 1 amide bonds. The summed E-state index contributed by atoms with van der Waals surface area (Å²) in [6.45, 7) is 10.4. The second-order valence-electron chi connectivity index (χ2n) is 7.07. The van der Waals surface area contributed by atoms with Crippen LogP contribution in [0.3, 0.4) is 0 Å². The van der Waals surface area contributed by atoms with Crippen LogP contribution in [0.2, 0.25) is 0 Å². The lowest BCUT2D eigenvalue weighted by atomic mass is 10.1. The molecule has 0 atom stereocenters. The van der Waals surface area contributed by atoms with E-state index in [1.165, 1.54) is 6.08 Å². The normalized spacial score (nSPS) is 11.1. The average molecular weight is 393 g/mol. The number of nitrogens with one attached hydrogen (secondary N) is 1. The number of anilines is 1. The van der Waals surface area contributed by atoms with Crippen molar-refractivity contribution in [3.8, 4) is 6.07 Å². The molecule has 1 N–H and O–H groups in total. The summed E-state index contributed by atoms with van der Waals surface area (Å²) in [4.78, 5) is 24.3. The highest BCUT2D eigenvalue weighted by Crippen LogP contribution is 2.19. The largest absolute Gasteiger partial charge is 0.451 e. The van der Waals surface area contributed by atoms with E-state index in [1.807, 2.05) is 52.0 Å². The Balaban J connectivity index is 2.03. The number of hydrogen-bond donors (Lipinski definition) is 1. The van der Waals surface area contributed by atoms with Gasteiger partial charge in [-0.1, -0.05) is 13.0 Å². The average Bonchev–Trinajstić information content (AvgIpc) is 2.94. The van der Waals surface area contributed by atoms with Crippen LogP contribution in [0.15, 0.2) is 29.8 Å². The van der Waals surface area contributed by atoms with Crippen LogP contribution in [0.4, 0.5) is 5.69 Å². The van der Waals surface area contributed by atoms with Gasteiger partial charge in [-0.2, -0.15) is 5.26 Å². The van der Waals surface area contributed by atoms with Crippen molar-refractivity contribution < 1.29 is 14.3 Å². The fraction of sp³-hybridized carbons (Fsp3) is 0.348. The molecule has 2 rings (SSSR count). The highest BCUT2D eigenvalue weighted by Gasteiger charge is 2.15. The van der Waals surface area contributed by atoms with Crippen molar-refractivity contribution in [1.82, 2.24) is 4.57 Å². The maximum Gasteiger partial charge on any atom is 0.349 e. The number of carbonyl (C=O) groups excluding carboxylic acids is 2. The Morgan fingerprint density at radius 2 is 1.90 bits per heavy atom. The van der Waals surface area contributed by atoms with Crippen LogP contribution in [0.5, 0.6) is 0 Å². The number of ether oxygens (including phenoxy) is 1. The van der Waals surface area contributed by atoms with Crippen molar-refractivity contribution >= 4 is 23.6 Å². The molecule has 0 aliphatic carbocycles. The minimum Gasteiger partial charge on any atom is -0.451 e. The van der Waals surface area contributed by atoms with Crippen molar-refractivity contribution in [2.75, 3.05) is 11.9 Å². The molecule has 2 aromatic rings. The Morgan fingerprint density at radius 1 is 1.17 bits per heavy atom. The minimum atomic E-state index is -0.817. The molecule has 1 aromatic heterocycles. The van der Waals surface area contributed by atoms with Gasteiger partial charge in [0.25, 0.3) is 5.91 Å². The zero-order chi connectivity index (χ0) is 21.6. The van der Waals surface area contributed by atoms with Crippen LogP contribution >= 0.6 is 0 Å². The van der Waals surface area contributed by atoms with Gasteiger partial charge in [0, 0.05) is 23.6 Å². The lowest BCUT2D eigenvalue weighted by molar-refractivity contribution is -0.142. The van der Waals surface area contributed by atoms with Gasteiger partial charge in [-0.15, -0.1) is 0 Å². The summed E-state index contributed by atoms with van der Waals surface area (Å²) < 4.78 is 7.17. The SMILES string of the molecule is CCCn1c(C)cc(/C=C(\C#N)C(=O)OCC(=O)Nc2ccc(C)c(C)c2)c1C. The first-order valence-corrected chi connectivity index (χ1v) is 9.59. The van der Waals surface area contributed by atoms with Crippen LogP contribution < -0.4 is 5.32 Å². The van der Waals surface area contributed by atoms with E-state index >= 15 is 0 Å². The molecule has 0 aliphatic rings. The molecule has 6 heteroatoms. The van der Waals surface area contributed by atoms with Crippen LogP contribution in [-0.4, -0.2) is 23.1 Å². The fourth-order valence-corrected chi connectivity index (χ4v) is 3.06. The lowest BCUT2D eigenvalue weighted by Crippen LogP contribution is -2.21. The van der Waals surface area contributed by atoms with E-state index in [2.05, 4.69) is 16.8 Å². The molecule has 0 radical (unpaired) electrons. The Bertz CT molecular complexity index is 994. The number of aryl methyl sites for hydroxylation is 3. The molecule has 0 bridgehead atoms. The third-order valence-corrected chi connectivity index (χ3v) is 4.83. The van der Waals surface area contributed by atoms with Gasteiger partial charge >= 0.3 is 5.97 Å². The summed E-state index contributed by atoms with van der Waals surface area (Å²) in [6.07, 6.45) is 2.50. The zero-order valence-corrected chi connectivity index (χ0v) is 17.6. The van der Waals surface area contributed by atoms with E-state index in [0.717, 1.165) is 41.0 Å². The Morgan fingerprint density at radius 3 is 2.52 bits per heavy atom. The molecule has 0 spiro atoms. The lowest BCUT2D eigenvalue weighted by Gasteiger charge is -2.08. The van der Waals surface area contributed by atoms with Crippen LogP contribution in [0, 0.1) is 39.0 Å². The monoisotopic (exact) mass is 393 g/mol. The molecule has 0 saturated heterocycles. The second kappa shape index (κ2) is 9.74. The number of aromatic nitrogens is 1. The number of rotatable bonds is 7. The van der Waals surface area contributed by atoms with Crippen molar-refractivity contribution in [2.45, 2.75) is 47.6 Å². The van der Waals surface area contributed by atoms with Gasteiger partial charge in [-0.3, -0.25) is 4.79 Å². The predicted molar refractivity (Wildman–Crippen MR) is 113 cm³/mol. The quantitative estimate of drug-likeness (QED) is 0.434. The molecule has 1 aromatic carbocycles. The molecule has 0 aliphatic heterocycles. The number of hydrogen-bond acceptors (Lipinski definition) is 4. The Labute approximate surface area is 171 Å². The third kappa shape index (κ3) is 5.58. The minimum absolute atomic E-state index is 0.138. The molecule has 0 fully saturated rings. The smallest absolute Gasteiger partial charge is 0.349 e. The highest BCUT2D eigenvalue weighted by atomic mass is 16.5. The summed E-state index contributed by atoms with van der Waals surface area (Å²) >= 11 is 0. The molecule has 29 heavy (non-hydrogen) atoms. The van der Waals surface area contributed by atoms with E-state index in [1.54, 1.807) is 6.07 Å². The van der Waals surface area contributed by atoms with Crippen molar-refractivity contribution in [1.29, 1.82) is 5.26 Å². The molecule has 0 unspecified atom stereocenters. The first-order chi connectivity index (χ1) is 13.8. The van der Waals surface area contributed by atoms with Gasteiger partial charge in [-0.05, 0) is 75.1 Å². The van der Waals surface area contributed by atoms with Gasteiger partial charge in [0.05, 0.1) is 0 Å². The summed E-state index contributed by atoms with van der Waals surface area (Å²) in [5, 5.41) is 12.0. The topological polar surface area (TPSA) is 84.1 Å². The van der Waals surface area contributed by atoms with Crippen LogP contribution in [0.25, 0.3) is 6.08 Å². The second-order valence-corrected chi connectivity index (χ2v) is 7.07. The van der Waals surface area contributed by atoms with E-state index in [-0.39, 0.29) is 5.57 Å². The number of nitriles is 1. The van der Waals surface area contributed by atoms with Crippen molar-refractivity contribution in [3.05, 3.63) is 57.9 Å². The molecular weight excluding hydrogens is 366 g/mol. The van der Waals surface area contributed by atoms with Crippen LogP contribution in [0.1, 0.15) is 41.4 Å². The zero-order valence-electron chi connectivity index (χ0n) is 17.6. The maximum atomic E-state index is 12.3. The Kier molecular flexibility index (Phi) is 7.38. The summed E-state index contributed by atoms with van der Waals surface area (Å²) in [7, 11) is 0. The van der Waals surface area contributed by atoms with E-state index in [4.69, 9.17) is 4.74 Å². The van der Waals surface area contributed by atoms with Gasteiger partial charge in [-0.25, -0.2) is 4.79 Å². The summed E-state index contributed by atoms with van der Waals surface area (Å²) in [6, 6.07) is 9.34. The van der Waals surface area contributed by atoms with Crippen LogP contribution in [-0.2, 0) is 20.9 Å². The molecule has 1 heterocycles. The van der Waals surface area contributed by atoms with Gasteiger partial charge in [0.2, 0.25) is 0 Å². The predicted octanol–water partition coefficient (Wildman–Crippen LogP) is 4.22. The maximum absolute atomic E-state index is 12.3. The highest BCUT2D eigenvalue weighted by molar-refractivity contribution is 6.00. The van der Waals surface area contributed by atoms with Crippen molar-refractivity contribution in [2.24, 2.45) is 0 Å². The third-order valence-electron chi connectivity index (χ3n) is 4.83. The molecule has 0 saturated carbocycles. The van der Waals surface area contributed by atoms with Gasteiger partial charge in [0.15, 0.2) is 6.61 Å². The molecule has 6 nitrogen and oxygen atoms in total. The van der Waals surface area contributed by atoms with E-state index in [0.29, 0.717) is 5.69 Å². The summed E-state index contributed by atoms with van der Waals surface area (Å²) in [5.74, 6) is -1.27. The summed E-state index contributed by atoms with van der Waals surface area (Å²) in [5.41, 5.74) is 5.51. The number of benzene rings is 1. The molecule has 152 valence electrons. The number of esters is 1. The van der Waals surface area contributed by atoms with E-state index < -0.39 is 18.5 Å². The number of nitrogens with zero attached hydrogens (tertiary/aromatic N) is 2. The number of carbonyl (C=O) groups is 2. The number of amides is 1. The van der Waals surface area contributed by atoms with Crippen molar-refractivity contribution in [3.63, 3.8) is 0 Å². The fourth-order valence-electron chi connectivity index (χ4n) is 3.06. The van der Waals surface area contributed by atoms with Gasteiger partial charge < -0.3 is 14.6 Å². The standard InChI is InChI=1S/C23H27N3O3/c1-6-9-26-17(4)11-19(18(26)5)12-20(13-24)23(28)29-14-22(27)25-21-8-7-15(2)16(3)10-21/h7-8,10-12H,6,9,14H2,1-5H3,(H,25,27)/b20-12+. The first kappa shape index (κ1) is 22.0. The van der Waals surface area contributed by atoms with E-state index in [9.17, 15) is 14.9 Å². The first-order valence-electron chi connectivity index (χ1n) is 9.59. The molecular formula is C23H27N3O3. The van der Waals surface area contributed by atoms with Gasteiger partial charge in [0.1, 0.15) is 11.6 Å². The Hall–Kier alpha value is -3.33.